The average molecular weight is 440 g/mol. The van der Waals surface area contributed by atoms with Crippen molar-refractivity contribution < 1.29 is 9.53 Å². The summed E-state index contributed by atoms with van der Waals surface area (Å²) in [5.74, 6) is 2.76. The molecule has 0 radical (unpaired) electrons. The Morgan fingerprint density at radius 1 is 1.00 bits per heavy atom. The lowest BCUT2D eigenvalue weighted by Gasteiger charge is -2.57. The molecule has 2 heterocycles. The lowest BCUT2D eigenvalue weighted by atomic mass is 9.48. The Bertz CT molecular complexity index is 769. The van der Waals surface area contributed by atoms with Crippen LogP contribution in [0.4, 0.5) is 5.69 Å². The molecule has 0 spiro atoms. The molecule has 1 unspecified atom stereocenters. The van der Waals surface area contributed by atoms with Crippen molar-refractivity contribution in [2.75, 3.05) is 51.3 Å². The van der Waals surface area contributed by atoms with Crippen LogP contribution in [0.5, 0.6) is 0 Å². The Hall–Kier alpha value is -1.59. The first-order chi connectivity index (χ1) is 15.5. The molecule has 4 saturated carbocycles. The van der Waals surface area contributed by atoms with Gasteiger partial charge in [-0.25, -0.2) is 0 Å². The minimum Gasteiger partial charge on any atom is -0.379 e. The van der Waals surface area contributed by atoms with Gasteiger partial charge in [0.15, 0.2) is 0 Å². The van der Waals surface area contributed by atoms with Crippen LogP contribution in [0.2, 0.25) is 0 Å². The third-order valence-electron chi connectivity index (χ3n) is 8.91. The monoisotopic (exact) mass is 439 g/mol. The molecule has 1 amide bonds. The molecule has 1 aromatic carbocycles. The normalized spacial score (nSPS) is 36.5. The van der Waals surface area contributed by atoms with Crippen LogP contribution in [0, 0.1) is 23.7 Å². The second-order valence-corrected chi connectivity index (χ2v) is 11.3. The molecule has 4 bridgehead atoms. The van der Waals surface area contributed by atoms with E-state index in [1.54, 1.807) is 5.56 Å². The average Bonchev–Trinajstić information content (AvgIpc) is 2.79. The van der Waals surface area contributed by atoms with Crippen LogP contribution in [0.1, 0.15) is 56.9 Å². The molecule has 5 nitrogen and oxygen atoms in total. The number of benzene rings is 1. The van der Waals surface area contributed by atoms with Crippen molar-refractivity contribution in [3.63, 3.8) is 0 Å². The number of hydrogen-bond acceptors (Lipinski definition) is 4. The number of anilines is 1. The number of para-hydroxylation sites is 1. The maximum absolute atomic E-state index is 11.7. The third-order valence-corrected chi connectivity index (χ3v) is 8.91. The molecule has 6 aliphatic rings. The summed E-state index contributed by atoms with van der Waals surface area (Å²) in [7, 11) is 2.11. The van der Waals surface area contributed by atoms with Crippen molar-refractivity contribution in [3.8, 4) is 0 Å². The lowest BCUT2D eigenvalue weighted by molar-refractivity contribution is -0.122. The van der Waals surface area contributed by atoms with Crippen LogP contribution < -0.4 is 10.6 Å². The number of likely N-dealkylation sites (N-methyl/N-ethyl adjacent to an activating group) is 1. The van der Waals surface area contributed by atoms with E-state index in [-0.39, 0.29) is 11.8 Å². The van der Waals surface area contributed by atoms with Gasteiger partial charge in [-0.3, -0.25) is 4.79 Å². The van der Waals surface area contributed by atoms with E-state index < -0.39 is 0 Å². The van der Waals surface area contributed by atoms with Gasteiger partial charge in [-0.2, -0.15) is 0 Å². The number of amides is 1. The van der Waals surface area contributed by atoms with E-state index in [0.29, 0.717) is 5.41 Å². The number of morpholine rings is 1. The van der Waals surface area contributed by atoms with Gasteiger partial charge >= 0.3 is 0 Å². The molecule has 0 aromatic heterocycles. The number of piperidine rings is 1. The van der Waals surface area contributed by atoms with E-state index in [1.165, 1.54) is 44.2 Å². The number of rotatable bonds is 3. The predicted molar refractivity (Wildman–Crippen MR) is 129 cm³/mol. The molecule has 176 valence electrons. The first-order valence-corrected chi connectivity index (χ1v) is 12.9. The highest BCUT2D eigenvalue weighted by Gasteiger charge is 2.52. The van der Waals surface area contributed by atoms with Gasteiger partial charge in [-0.1, -0.05) is 18.2 Å². The smallest absolute Gasteiger partial charge is 0.222 e. The molecule has 2 aliphatic heterocycles. The minimum absolute atomic E-state index is 0.0122. The SMILES string of the molecule is CN1CCOCC1.NC(=O)C1CCCN(c2ccccc2C23CC4CC(CC(C4)C2)C3)C1. The zero-order valence-corrected chi connectivity index (χ0v) is 19.8. The molecule has 6 fully saturated rings. The van der Waals surface area contributed by atoms with Crippen molar-refractivity contribution in [2.24, 2.45) is 29.4 Å². The molecule has 5 heteroatoms. The Morgan fingerprint density at radius 3 is 2.19 bits per heavy atom. The molecule has 2 saturated heterocycles. The van der Waals surface area contributed by atoms with Gasteiger partial charge in [0, 0.05) is 31.9 Å². The number of carbonyl (C=O) groups is 1. The highest BCUT2D eigenvalue weighted by molar-refractivity contribution is 5.77. The summed E-state index contributed by atoms with van der Waals surface area (Å²) in [6.07, 6.45) is 10.6. The first-order valence-electron chi connectivity index (χ1n) is 12.9. The van der Waals surface area contributed by atoms with Crippen LogP contribution in [-0.4, -0.2) is 57.2 Å². The molecule has 32 heavy (non-hydrogen) atoms. The van der Waals surface area contributed by atoms with Crippen LogP contribution >= 0.6 is 0 Å². The molecular weight excluding hydrogens is 398 g/mol. The van der Waals surface area contributed by atoms with Crippen LogP contribution in [0.15, 0.2) is 24.3 Å². The highest BCUT2D eigenvalue weighted by atomic mass is 16.5. The van der Waals surface area contributed by atoms with Gasteiger partial charge in [-0.05, 0) is 93.2 Å². The van der Waals surface area contributed by atoms with Crippen LogP contribution in [0.3, 0.4) is 0 Å². The minimum atomic E-state index is -0.128. The van der Waals surface area contributed by atoms with E-state index in [1.807, 2.05) is 0 Å². The zero-order valence-electron chi connectivity index (χ0n) is 19.8. The summed E-state index contributed by atoms with van der Waals surface area (Å²) in [4.78, 5) is 16.5. The largest absolute Gasteiger partial charge is 0.379 e. The van der Waals surface area contributed by atoms with Crippen molar-refractivity contribution in [2.45, 2.75) is 56.8 Å². The summed E-state index contributed by atoms with van der Waals surface area (Å²) in [6.45, 7) is 5.89. The van der Waals surface area contributed by atoms with Crippen molar-refractivity contribution >= 4 is 11.6 Å². The van der Waals surface area contributed by atoms with Gasteiger partial charge in [0.25, 0.3) is 0 Å². The van der Waals surface area contributed by atoms with Crippen molar-refractivity contribution in [3.05, 3.63) is 29.8 Å². The first kappa shape index (κ1) is 22.2. The summed E-state index contributed by atoms with van der Waals surface area (Å²) >= 11 is 0. The molecular formula is C27H41N3O2. The maximum atomic E-state index is 11.7. The van der Waals surface area contributed by atoms with Crippen LogP contribution in [-0.2, 0) is 14.9 Å². The quantitative estimate of drug-likeness (QED) is 0.778. The van der Waals surface area contributed by atoms with E-state index in [9.17, 15) is 4.79 Å². The third kappa shape index (κ3) is 4.56. The number of ether oxygens (including phenoxy) is 1. The second-order valence-electron chi connectivity index (χ2n) is 11.3. The Morgan fingerprint density at radius 2 is 1.62 bits per heavy atom. The second kappa shape index (κ2) is 9.34. The van der Waals surface area contributed by atoms with Crippen LogP contribution in [0.25, 0.3) is 0 Å². The van der Waals surface area contributed by atoms with Gasteiger partial charge in [0.2, 0.25) is 5.91 Å². The predicted octanol–water partition coefficient (Wildman–Crippen LogP) is 3.80. The Labute approximate surface area is 193 Å². The standard InChI is InChI=1S/C22H30N2O.C5H11NO/c23-21(25)18-4-3-7-24(14-18)20-6-2-1-5-19(20)22-11-15-8-16(12-22)10-17(9-15)13-22;1-6-2-4-7-5-3-6/h1-2,5-6,15-18H,3-4,7-14H2,(H2,23,25);2-5H2,1H3. The number of primary amides is 1. The van der Waals surface area contributed by atoms with Gasteiger partial charge in [-0.15, -0.1) is 0 Å². The Balaban J connectivity index is 0.000000265. The zero-order chi connectivity index (χ0) is 22.1. The molecule has 7 rings (SSSR count). The summed E-state index contributed by atoms with van der Waals surface area (Å²) in [5, 5.41) is 0. The van der Waals surface area contributed by atoms with Crippen molar-refractivity contribution in [1.29, 1.82) is 0 Å². The van der Waals surface area contributed by atoms with Gasteiger partial charge in [0.1, 0.15) is 0 Å². The molecule has 1 atom stereocenters. The fourth-order valence-corrected chi connectivity index (χ4v) is 7.72. The topological polar surface area (TPSA) is 58.8 Å². The lowest BCUT2D eigenvalue weighted by Crippen LogP contribution is -2.49. The summed E-state index contributed by atoms with van der Waals surface area (Å²) < 4.78 is 5.10. The fourth-order valence-electron chi connectivity index (χ4n) is 7.72. The number of nitrogens with zero attached hydrogens (tertiary/aromatic N) is 2. The van der Waals surface area contributed by atoms with E-state index in [2.05, 4.69) is 41.1 Å². The summed E-state index contributed by atoms with van der Waals surface area (Å²) in [5.41, 5.74) is 9.02. The fraction of sp³-hybridized carbons (Fsp3) is 0.741. The highest BCUT2D eigenvalue weighted by Crippen LogP contribution is 2.61. The number of hydrogen-bond donors (Lipinski definition) is 1. The number of nitrogens with two attached hydrogens (primary N) is 1. The maximum Gasteiger partial charge on any atom is 0.222 e. The molecule has 1 aromatic rings. The molecule has 2 N–H and O–H groups in total. The van der Waals surface area contributed by atoms with E-state index in [4.69, 9.17) is 10.5 Å². The Kier molecular flexibility index (Phi) is 6.48. The van der Waals surface area contributed by atoms with Crippen molar-refractivity contribution in [1.82, 2.24) is 4.90 Å². The van der Waals surface area contributed by atoms with E-state index in [0.717, 1.165) is 70.0 Å². The van der Waals surface area contributed by atoms with Gasteiger partial charge in [0.05, 0.1) is 19.1 Å². The molecule has 4 aliphatic carbocycles. The van der Waals surface area contributed by atoms with Gasteiger partial charge < -0.3 is 20.3 Å². The number of carbonyl (C=O) groups excluding carboxylic acids is 1. The van der Waals surface area contributed by atoms with E-state index >= 15 is 0 Å². The summed E-state index contributed by atoms with van der Waals surface area (Å²) in [6, 6.07) is 9.10.